The van der Waals surface area contributed by atoms with Gasteiger partial charge in [-0.1, -0.05) is 18.2 Å². The van der Waals surface area contributed by atoms with Gasteiger partial charge in [0.15, 0.2) is 0 Å². The number of carbonyl (C=O) groups excluding carboxylic acids is 1. The van der Waals surface area contributed by atoms with Gasteiger partial charge in [0.1, 0.15) is 11.4 Å². The van der Waals surface area contributed by atoms with Gasteiger partial charge in [0.05, 0.1) is 18.7 Å². The van der Waals surface area contributed by atoms with E-state index in [4.69, 9.17) is 4.52 Å². The average Bonchev–Trinajstić information content (AvgIpc) is 3.47. The third-order valence-corrected chi connectivity index (χ3v) is 8.91. The van der Waals surface area contributed by atoms with Gasteiger partial charge in [-0.05, 0) is 36.3 Å². The molecule has 1 aliphatic heterocycles. The topological polar surface area (TPSA) is 114 Å². The number of nitrogens with zero attached hydrogens (tertiary/aromatic N) is 5. The molecule has 0 radical (unpaired) electrons. The number of carbonyl (C=O) groups is 1. The number of benzene rings is 1. The van der Waals surface area contributed by atoms with Crippen molar-refractivity contribution in [2.45, 2.75) is 19.3 Å². The Morgan fingerprint density at radius 2 is 1.86 bits per heavy atom. The number of halogens is 3. The van der Waals surface area contributed by atoms with Crippen LogP contribution < -0.4 is 10.6 Å². The zero-order valence-electron chi connectivity index (χ0n) is 23.5. The first-order valence-corrected chi connectivity index (χ1v) is 15.5. The molecule has 0 bridgehead atoms. The predicted octanol–water partition coefficient (Wildman–Crippen LogP) is 5.51. The van der Waals surface area contributed by atoms with Crippen LogP contribution in [0.4, 0.5) is 30.6 Å². The van der Waals surface area contributed by atoms with Crippen LogP contribution in [0.3, 0.4) is 0 Å². The minimum Gasteiger partial charge on any atom is -0.345 e. The van der Waals surface area contributed by atoms with Crippen molar-refractivity contribution in [2.75, 3.05) is 37.5 Å². The molecule has 1 fully saturated rings. The van der Waals surface area contributed by atoms with E-state index in [-0.39, 0.29) is 23.9 Å². The van der Waals surface area contributed by atoms with E-state index >= 15 is 0 Å². The molecule has 1 aliphatic carbocycles. The maximum atomic E-state index is 14.0. The molecular weight excluding hydrogens is 570 g/mol. The molecule has 3 unspecified atom stereocenters. The van der Waals surface area contributed by atoms with Crippen LogP contribution in [-0.4, -0.2) is 57.4 Å². The highest BCUT2D eigenvalue weighted by molar-refractivity contribution is 7.57. The fourth-order valence-corrected chi connectivity index (χ4v) is 6.80. The van der Waals surface area contributed by atoms with E-state index in [0.29, 0.717) is 30.7 Å². The van der Waals surface area contributed by atoms with Gasteiger partial charge in [-0.3, -0.25) is 14.0 Å². The Hall–Kier alpha value is -3.96. The molecule has 2 aliphatic rings. The smallest absolute Gasteiger partial charge is 0.345 e. The molecule has 2 aromatic heterocycles. The minimum absolute atomic E-state index is 0.0665. The van der Waals surface area contributed by atoms with Crippen LogP contribution in [0.5, 0.6) is 0 Å². The average molecular weight is 602 g/mol. The molecule has 222 valence electrons. The lowest BCUT2D eigenvalue weighted by atomic mass is 9.80. The molecule has 14 heteroatoms. The van der Waals surface area contributed by atoms with E-state index in [1.807, 2.05) is 12.3 Å². The summed E-state index contributed by atoms with van der Waals surface area (Å²) in [6.07, 6.45) is 3.21. The Bertz CT molecular complexity index is 1600. The van der Waals surface area contributed by atoms with Crippen LogP contribution in [0.1, 0.15) is 23.6 Å². The number of alkyl halides is 3. The highest BCUT2D eigenvalue weighted by Gasteiger charge is 2.45. The lowest BCUT2D eigenvalue weighted by Crippen LogP contribution is -2.29. The summed E-state index contributed by atoms with van der Waals surface area (Å²) < 4.78 is 61.5. The van der Waals surface area contributed by atoms with Gasteiger partial charge >= 0.3 is 6.18 Å². The maximum Gasteiger partial charge on any atom is 0.421 e. The third-order valence-electron chi connectivity index (χ3n) is 7.17. The van der Waals surface area contributed by atoms with Gasteiger partial charge in [0, 0.05) is 68.7 Å². The summed E-state index contributed by atoms with van der Waals surface area (Å²) in [6, 6.07) is 6.90. The number of aromatic nitrogens is 4. The molecule has 3 atom stereocenters. The fraction of sp³-hybridized carbons (Fsp3) is 0.357. The van der Waals surface area contributed by atoms with Crippen LogP contribution in [0.25, 0.3) is 5.57 Å². The van der Waals surface area contributed by atoms with Gasteiger partial charge in [-0.25, -0.2) is 4.98 Å². The summed E-state index contributed by atoms with van der Waals surface area (Å²) in [5.41, 5.74) is 2.32. The second-order valence-electron chi connectivity index (χ2n) is 10.4. The summed E-state index contributed by atoms with van der Waals surface area (Å²) in [5, 5.41) is 9.96. The van der Waals surface area contributed by atoms with E-state index in [9.17, 15) is 22.5 Å². The van der Waals surface area contributed by atoms with Crippen molar-refractivity contribution in [3.05, 3.63) is 77.4 Å². The highest BCUT2D eigenvalue weighted by atomic mass is 31.2. The van der Waals surface area contributed by atoms with Gasteiger partial charge in [-0.2, -0.15) is 23.3 Å². The van der Waals surface area contributed by atoms with Gasteiger partial charge in [0.2, 0.25) is 19.2 Å². The number of amides is 1. The number of likely N-dealkylation sites (tertiary alicyclic amines) is 1. The molecular formula is C28H31F3N7O3P. The van der Waals surface area contributed by atoms with Gasteiger partial charge in [-0.15, -0.1) is 0 Å². The molecule has 3 heterocycles. The molecule has 0 saturated carbocycles. The van der Waals surface area contributed by atoms with Crippen LogP contribution in [0, 0.1) is 11.8 Å². The lowest BCUT2D eigenvalue weighted by Gasteiger charge is -2.27. The van der Waals surface area contributed by atoms with Crippen molar-refractivity contribution >= 4 is 36.3 Å². The summed E-state index contributed by atoms with van der Waals surface area (Å²) in [5.74, 6) is -1.71. The fourth-order valence-electron chi connectivity index (χ4n) is 5.29. The summed E-state index contributed by atoms with van der Waals surface area (Å²) >= 11 is 0. The number of allylic oxidation sites excluding steroid dienone is 2. The lowest BCUT2D eigenvalue weighted by molar-refractivity contribution is -0.137. The van der Waals surface area contributed by atoms with Crippen molar-refractivity contribution in [2.24, 2.45) is 18.9 Å². The quantitative estimate of drug-likeness (QED) is 0.309. The molecule has 10 nitrogen and oxygen atoms in total. The van der Waals surface area contributed by atoms with Crippen LogP contribution in [0.2, 0.25) is 0 Å². The SMILES string of the molecule is CCOP(C)(=O)Cc1ccc(Nc2ncc(C(F)(F)F)c(NC3=CC=C(c4cnn(C)c4)C4CN(C)C(=O)C34)n2)cc1. The van der Waals surface area contributed by atoms with Crippen molar-refractivity contribution in [3.63, 3.8) is 0 Å². The van der Waals surface area contributed by atoms with Crippen molar-refractivity contribution in [1.82, 2.24) is 24.6 Å². The molecule has 3 aromatic rings. The van der Waals surface area contributed by atoms with E-state index in [1.54, 1.807) is 73.8 Å². The first-order valence-electron chi connectivity index (χ1n) is 13.3. The van der Waals surface area contributed by atoms with E-state index in [2.05, 4.69) is 25.7 Å². The van der Waals surface area contributed by atoms with E-state index in [1.165, 1.54) is 0 Å². The standard InChI is InChI=1S/C28H31F3N7O3P/c1-5-41-42(4,40)16-17-6-8-19(9-7-17)34-27-32-13-22(28(29,30)31)25(36-27)35-23-11-10-20(18-12-33-38(3)14-18)21-15-37(2)26(39)24(21)23/h6-14,21,24H,5,15-16H2,1-4H3,(H2,32,34,35,36). The number of anilines is 3. The van der Waals surface area contributed by atoms with Gasteiger partial charge in [0.25, 0.3) is 0 Å². The molecule has 2 N–H and O–H groups in total. The van der Waals surface area contributed by atoms with Crippen molar-refractivity contribution < 1.29 is 27.1 Å². The minimum atomic E-state index is -4.74. The number of nitrogens with one attached hydrogen (secondary N) is 2. The summed E-state index contributed by atoms with van der Waals surface area (Å²) in [4.78, 5) is 22.8. The Morgan fingerprint density at radius 1 is 1.12 bits per heavy atom. The Labute approximate surface area is 241 Å². The monoisotopic (exact) mass is 601 g/mol. The van der Waals surface area contributed by atoms with E-state index < -0.39 is 30.8 Å². The first kappa shape index (κ1) is 29.5. The maximum absolute atomic E-state index is 14.0. The highest BCUT2D eigenvalue weighted by Crippen LogP contribution is 2.46. The van der Waals surface area contributed by atoms with Crippen LogP contribution in [0.15, 0.2) is 60.7 Å². The van der Waals surface area contributed by atoms with E-state index in [0.717, 1.165) is 16.7 Å². The summed E-state index contributed by atoms with van der Waals surface area (Å²) in [6.45, 7) is 4.12. The van der Waals surface area contributed by atoms with Crippen LogP contribution in [-0.2, 0) is 33.3 Å². The first-order chi connectivity index (χ1) is 19.8. The molecule has 5 rings (SSSR count). The predicted molar refractivity (Wildman–Crippen MR) is 153 cm³/mol. The number of aryl methyl sites for hydroxylation is 1. The molecule has 1 saturated heterocycles. The Balaban J connectivity index is 1.43. The normalized spacial score (nSPS) is 20.1. The van der Waals surface area contributed by atoms with Crippen molar-refractivity contribution in [3.8, 4) is 0 Å². The second kappa shape index (κ2) is 11.4. The molecule has 42 heavy (non-hydrogen) atoms. The summed E-state index contributed by atoms with van der Waals surface area (Å²) in [7, 11) is 0.686. The number of hydrogen-bond acceptors (Lipinski definition) is 8. The van der Waals surface area contributed by atoms with Crippen LogP contribution >= 0.6 is 7.37 Å². The second-order valence-corrected chi connectivity index (χ2v) is 13.0. The Kier molecular flexibility index (Phi) is 8.00. The van der Waals surface area contributed by atoms with Crippen molar-refractivity contribution in [1.29, 1.82) is 0 Å². The number of rotatable bonds is 9. The number of hydrogen-bond donors (Lipinski definition) is 2. The zero-order chi connectivity index (χ0) is 30.2. The Morgan fingerprint density at radius 3 is 2.50 bits per heavy atom. The molecule has 1 amide bonds. The van der Waals surface area contributed by atoms with Gasteiger partial charge < -0.3 is 20.1 Å². The zero-order valence-corrected chi connectivity index (χ0v) is 24.4. The molecule has 1 aromatic carbocycles. The number of fused-ring (bicyclic) bond motifs is 1. The largest absolute Gasteiger partial charge is 0.421 e. The third kappa shape index (κ3) is 6.27. The molecule has 0 spiro atoms.